The molecule has 1 aliphatic heterocycles. The molecule has 1 atom stereocenters. The molecule has 1 rings (SSSR count). The van der Waals surface area contributed by atoms with Crippen molar-refractivity contribution in [2.75, 3.05) is 12.3 Å². The Morgan fingerprint density at radius 3 is 2.83 bits per heavy atom. The highest BCUT2D eigenvalue weighted by atomic mass is 33.1. The maximum Gasteiger partial charge on any atom is 0.0151 e. The number of hydrogen-bond acceptors (Lipinski definition) is 3. The highest BCUT2D eigenvalue weighted by Crippen LogP contribution is 2.37. The summed E-state index contributed by atoms with van der Waals surface area (Å²) in [6.45, 7) is 0.868. The first kappa shape index (κ1) is 10.7. The Hall–Kier alpha value is 0.660. The van der Waals surface area contributed by atoms with E-state index in [0.29, 0.717) is 0 Å². The molecule has 0 aromatic heterocycles. The van der Waals surface area contributed by atoms with Crippen LogP contribution in [0.15, 0.2) is 0 Å². The van der Waals surface area contributed by atoms with Gasteiger partial charge in [0.15, 0.2) is 0 Å². The third-order valence-corrected chi connectivity index (χ3v) is 5.25. The predicted molar refractivity (Wildman–Crippen MR) is 60.6 cm³/mol. The lowest BCUT2D eigenvalue weighted by atomic mass is 10.1. The minimum Gasteiger partial charge on any atom is -0.330 e. The zero-order chi connectivity index (χ0) is 8.65. The van der Waals surface area contributed by atoms with Gasteiger partial charge in [-0.05, 0) is 32.2 Å². The average Bonchev–Trinajstić information content (AvgIpc) is 2.14. The summed E-state index contributed by atoms with van der Waals surface area (Å²) in [6.07, 6.45) is 8.22. The summed E-state index contributed by atoms with van der Waals surface area (Å²) in [5.74, 6) is 1.37. The van der Waals surface area contributed by atoms with Gasteiger partial charge in [0, 0.05) is 11.0 Å². The Morgan fingerprint density at radius 1 is 1.25 bits per heavy atom. The molecule has 72 valence electrons. The zero-order valence-corrected chi connectivity index (χ0v) is 9.26. The summed E-state index contributed by atoms with van der Waals surface area (Å²) in [6, 6.07) is 0. The largest absolute Gasteiger partial charge is 0.330 e. The van der Waals surface area contributed by atoms with Crippen molar-refractivity contribution in [3.05, 3.63) is 0 Å². The van der Waals surface area contributed by atoms with Crippen molar-refractivity contribution in [1.29, 1.82) is 0 Å². The van der Waals surface area contributed by atoms with Crippen LogP contribution < -0.4 is 5.73 Å². The number of unbranched alkanes of at least 4 members (excludes halogenated alkanes) is 2. The van der Waals surface area contributed by atoms with Gasteiger partial charge in [0.2, 0.25) is 0 Å². The van der Waals surface area contributed by atoms with E-state index in [4.69, 9.17) is 5.73 Å². The molecule has 1 aliphatic rings. The van der Waals surface area contributed by atoms with Crippen molar-refractivity contribution in [2.24, 2.45) is 5.73 Å². The standard InChI is InChI=1S/C9H19NS2/c10-7-3-1-2-5-9-6-4-8-11-12-9/h9H,1-8,10H2. The van der Waals surface area contributed by atoms with Crippen LogP contribution in [-0.4, -0.2) is 17.5 Å². The summed E-state index contributed by atoms with van der Waals surface area (Å²) in [5.41, 5.74) is 5.44. The normalized spacial score (nSPS) is 24.2. The smallest absolute Gasteiger partial charge is 0.0151 e. The molecule has 0 aromatic carbocycles. The molecule has 3 heteroatoms. The molecule has 1 nitrogen and oxygen atoms in total. The minimum atomic E-state index is 0.868. The molecular formula is C9H19NS2. The van der Waals surface area contributed by atoms with Gasteiger partial charge in [-0.25, -0.2) is 0 Å². The zero-order valence-electron chi connectivity index (χ0n) is 7.63. The summed E-state index contributed by atoms with van der Waals surface area (Å²) in [7, 11) is 4.17. The maximum absolute atomic E-state index is 5.44. The second kappa shape index (κ2) is 7.10. The first-order chi connectivity index (χ1) is 5.93. The molecule has 0 amide bonds. The second-order valence-corrected chi connectivity index (χ2v) is 6.11. The lowest BCUT2D eigenvalue weighted by Gasteiger charge is -2.19. The van der Waals surface area contributed by atoms with Gasteiger partial charge in [-0.1, -0.05) is 34.4 Å². The van der Waals surface area contributed by atoms with E-state index in [1.54, 1.807) is 0 Å². The van der Waals surface area contributed by atoms with Crippen molar-refractivity contribution < 1.29 is 0 Å². The van der Waals surface area contributed by atoms with Gasteiger partial charge in [-0.3, -0.25) is 0 Å². The van der Waals surface area contributed by atoms with E-state index >= 15 is 0 Å². The Labute approximate surface area is 83.6 Å². The second-order valence-electron chi connectivity index (χ2n) is 3.32. The van der Waals surface area contributed by atoms with Gasteiger partial charge in [-0.2, -0.15) is 0 Å². The van der Waals surface area contributed by atoms with Crippen LogP contribution in [0.2, 0.25) is 0 Å². The van der Waals surface area contributed by atoms with Gasteiger partial charge in [-0.15, -0.1) is 0 Å². The average molecular weight is 205 g/mol. The maximum atomic E-state index is 5.44. The van der Waals surface area contributed by atoms with Gasteiger partial charge >= 0.3 is 0 Å². The molecule has 0 aliphatic carbocycles. The highest BCUT2D eigenvalue weighted by molar-refractivity contribution is 8.77. The van der Waals surface area contributed by atoms with E-state index in [-0.39, 0.29) is 0 Å². The fourth-order valence-electron chi connectivity index (χ4n) is 1.45. The van der Waals surface area contributed by atoms with Crippen LogP contribution in [0.25, 0.3) is 0 Å². The predicted octanol–water partition coefficient (Wildman–Crippen LogP) is 3.05. The third kappa shape index (κ3) is 4.63. The quantitative estimate of drug-likeness (QED) is 0.552. The summed E-state index contributed by atoms with van der Waals surface area (Å²) < 4.78 is 0. The van der Waals surface area contributed by atoms with Crippen molar-refractivity contribution in [3.63, 3.8) is 0 Å². The van der Waals surface area contributed by atoms with E-state index in [1.165, 1.54) is 44.3 Å². The first-order valence-corrected chi connectivity index (χ1v) is 7.30. The topological polar surface area (TPSA) is 26.0 Å². The molecule has 0 radical (unpaired) electrons. The summed E-state index contributed by atoms with van der Waals surface area (Å²) >= 11 is 0. The Kier molecular flexibility index (Phi) is 6.35. The van der Waals surface area contributed by atoms with Gasteiger partial charge in [0.1, 0.15) is 0 Å². The van der Waals surface area contributed by atoms with Crippen LogP contribution in [0.3, 0.4) is 0 Å². The monoisotopic (exact) mass is 205 g/mol. The van der Waals surface area contributed by atoms with Gasteiger partial charge < -0.3 is 5.73 Å². The van der Waals surface area contributed by atoms with Crippen LogP contribution >= 0.6 is 21.6 Å². The molecule has 1 unspecified atom stereocenters. The number of nitrogens with two attached hydrogens (primary N) is 1. The van der Waals surface area contributed by atoms with Crippen molar-refractivity contribution in [3.8, 4) is 0 Å². The molecule has 1 fully saturated rings. The first-order valence-electron chi connectivity index (χ1n) is 4.92. The van der Waals surface area contributed by atoms with E-state index in [9.17, 15) is 0 Å². The molecule has 0 aromatic rings. The van der Waals surface area contributed by atoms with Crippen LogP contribution in [0.4, 0.5) is 0 Å². The minimum absolute atomic E-state index is 0.868. The Bertz CT molecular complexity index is 103. The lowest BCUT2D eigenvalue weighted by molar-refractivity contribution is 0.605. The van der Waals surface area contributed by atoms with Crippen molar-refractivity contribution in [2.45, 2.75) is 43.8 Å². The fraction of sp³-hybridized carbons (Fsp3) is 1.00. The lowest BCUT2D eigenvalue weighted by Crippen LogP contribution is -2.06. The highest BCUT2D eigenvalue weighted by Gasteiger charge is 2.13. The molecule has 0 spiro atoms. The fourth-order valence-corrected chi connectivity index (χ4v) is 4.34. The Balaban J connectivity index is 1.91. The molecule has 0 saturated carbocycles. The van der Waals surface area contributed by atoms with E-state index < -0.39 is 0 Å². The van der Waals surface area contributed by atoms with Crippen LogP contribution in [0.5, 0.6) is 0 Å². The molecule has 1 saturated heterocycles. The Morgan fingerprint density at radius 2 is 2.17 bits per heavy atom. The molecule has 2 N–H and O–H groups in total. The van der Waals surface area contributed by atoms with E-state index in [2.05, 4.69) is 21.6 Å². The molecular weight excluding hydrogens is 186 g/mol. The number of rotatable bonds is 5. The third-order valence-electron chi connectivity index (χ3n) is 2.19. The van der Waals surface area contributed by atoms with Crippen molar-refractivity contribution in [1.82, 2.24) is 0 Å². The molecule has 1 heterocycles. The summed E-state index contributed by atoms with van der Waals surface area (Å²) in [5, 5.41) is 0.946. The van der Waals surface area contributed by atoms with E-state index in [1.807, 2.05) is 0 Å². The summed E-state index contributed by atoms with van der Waals surface area (Å²) in [4.78, 5) is 0. The molecule has 12 heavy (non-hydrogen) atoms. The van der Waals surface area contributed by atoms with Crippen molar-refractivity contribution >= 4 is 21.6 Å². The molecule has 0 bridgehead atoms. The van der Waals surface area contributed by atoms with Gasteiger partial charge in [0.05, 0.1) is 0 Å². The van der Waals surface area contributed by atoms with E-state index in [0.717, 1.165) is 11.8 Å². The SMILES string of the molecule is NCCCCCC1CCCSS1. The van der Waals surface area contributed by atoms with Gasteiger partial charge in [0.25, 0.3) is 0 Å². The van der Waals surface area contributed by atoms with Crippen LogP contribution in [0.1, 0.15) is 38.5 Å². The van der Waals surface area contributed by atoms with Crippen LogP contribution in [0, 0.1) is 0 Å². The van der Waals surface area contributed by atoms with Crippen LogP contribution in [-0.2, 0) is 0 Å². The number of hydrogen-bond donors (Lipinski definition) is 1.